The molecule has 1 aliphatic carbocycles. The fraction of sp³-hybridized carbons (Fsp3) is 0.464. The van der Waals surface area contributed by atoms with Crippen molar-refractivity contribution < 1.29 is 14.4 Å². The van der Waals surface area contributed by atoms with Gasteiger partial charge in [0.25, 0.3) is 5.91 Å². The first-order valence-electron chi connectivity index (χ1n) is 12.7. The van der Waals surface area contributed by atoms with Gasteiger partial charge in [0.05, 0.1) is 5.56 Å². The molecule has 1 heterocycles. The van der Waals surface area contributed by atoms with Gasteiger partial charge >= 0.3 is 0 Å². The van der Waals surface area contributed by atoms with Crippen LogP contribution in [0.5, 0.6) is 0 Å². The quantitative estimate of drug-likeness (QED) is 0.652. The zero-order valence-corrected chi connectivity index (χ0v) is 20.8. The van der Waals surface area contributed by atoms with E-state index < -0.39 is 0 Å². The second-order valence-corrected chi connectivity index (χ2v) is 9.57. The van der Waals surface area contributed by atoms with Crippen LogP contribution in [0.3, 0.4) is 0 Å². The summed E-state index contributed by atoms with van der Waals surface area (Å²) in [6.07, 6.45) is 4.70. The predicted octanol–water partition coefficient (Wildman–Crippen LogP) is 4.15. The number of nitrogens with zero attached hydrogens (tertiary/aromatic N) is 3. The van der Waals surface area contributed by atoms with Crippen LogP contribution in [0.25, 0.3) is 0 Å². The van der Waals surface area contributed by atoms with Gasteiger partial charge in [0.1, 0.15) is 0 Å². The summed E-state index contributed by atoms with van der Waals surface area (Å²) in [5.41, 5.74) is 3.08. The molecule has 0 aromatic heterocycles. The minimum absolute atomic E-state index is 0.0900. The van der Waals surface area contributed by atoms with Crippen molar-refractivity contribution in [2.75, 3.05) is 43.4 Å². The number of benzene rings is 2. The smallest absolute Gasteiger partial charge is 0.256 e. The fourth-order valence-corrected chi connectivity index (χ4v) is 5.04. The number of carbonyl (C=O) groups excluding carboxylic acids is 3. The third-order valence-corrected chi connectivity index (χ3v) is 7.08. The third kappa shape index (κ3) is 6.02. The van der Waals surface area contributed by atoms with Crippen LogP contribution in [0.2, 0.25) is 0 Å². The summed E-state index contributed by atoms with van der Waals surface area (Å²) >= 11 is 0. The molecule has 7 heteroatoms. The molecule has 0 bridgehead atoms. The van der Waals surface area contributed by atoms with Crippen LogP contribution in [0.4, 0.5) is 11.4 Å². The maximum atomic E-state index is 13.6. The largest absolute Gasteiger partial charge is 0.367 e. The molecule has 0 unspecified atom stereocenters. The standard InChI is InChI=1S/C28H36N4O3/c1-3-26(33)29-23-13-14-25(24(19-23)28(35)30(2)20-21-9-5-4-6-10-21)31-15-17-32(18-16-31)27(34)22-11-7-8-12-22/h4-6,9-10,13-14,19,22H,3,7-8,11-12,15-18,20H2,1-2H3,(H,29,33). The van der Waals surface area contributed by atoms with E-state index in [1.54, 1.807) is 24.9 Å². The molecule has 1 aliphatic heterocycles. The van der Waals surface area contributed by atoms with Crippen molar-refractivity contribution in [3.05, 3.63) is 59.7 Å². The van der Waals surface area contributed by atoms with Crippen molar-refractivity contribution in [1.82, 2.24) is 9.80 Å². The molecular formula is C28H36N4O3. The predicted molar refractivity (Wildman–Crippen MR) is 138 cm³/mol. The van der Waals surface area contributed by atoms with Crippen LogP contribution in [0.15, 0.2) is 48.5 Å². The molecule has 1 N–H and O–H groups in total. The number of carbonyl (C=O) groups is 3. The van der Waals surface area contributed by atoms with Gasteiger partial charge in [-0.05, 0) is 36.6 Å². The van der Waals surface area contributed by atoms with Gasteiger partial charge in [-0.1, -0.05) is 50.1 Å². The maximum Gasteiger partial charge on any atom is 0.256 e. The highest BCUT2D eigenvalue weighted by atomic mass is 16.2. The third-order valence-electron chi connectivity index (χ3n) is 7.08. The van der Waals surface area contributed by atoms with E-state index in [0.717, 1.165) is 36.9 Å². The summed E-state index contributed by atoms with van der Waals surface area (Å²) in [5, 5.41) is 2.88. The lowest BCUT2D eigenvalue weighted by molar-refractivity contribution is -0.135. The van der Waals surface area contributed by atoms with Crippen molar-refractivity contribution in [2.45, 2.75) is 45.6 Å². The first-order valence-corrected chi connectivity index (χ1v) is 12.7. The number of piperazine rings is 1. The lowest BCUT2D eigenvalue weighted by Crippen LogP contribution is -2.50. The highest BCUT2D eigenvalue weighted by molar-refractivity contribution is 6.02. The minimum atomic E-state index is -0.0964. The lowest BCUT2D eigenvalue weighted by Gasteiger charge is -2.38. The van der Waals surface area contributed by atoms with Crippen LogP contribution in [-0.4, -0.2) is 60.7 Å². The Balaban J connectivity index is 1.52. The molecule has 2 aromatic rings. The monoisotopic (exact) mass is 476 g/mol. The van der Waals surface area contributed by atoms with Gasteiger partial charge in [0.15, 0.2) is 0 Å². The van der Waals surface area contributed by atoms with Gasteiger partial charge in [-0.2, -0.15) is 0 Å². The van der Waals surface area contributed by atoms with Crippen molar-refractivity contribution in [3.8, 4) is 0 Å². The Bertz CT molecular complexity index is 1040. The molecule has 7 nitrogen and oxygen atoms in total. The average Bonchev–Trinajstić information content (AvgIpc) is 3.43. The summed E-state index contributed by atoms with van der Waals surface area (Å²) in [5.74, 6) is 0.291. The Morgan fingerprint density at radius 3 is 2.31 bits per heavy atom. The molecule has 0 spiro atoms. The van der Waals surface area contributed by atoms with E-state index in [4.69, 9.17) is 0 Å². The SMILES string of the molecule is CCC(=O)Nc1ccc(N2CCN(C(=O)C3CCCC3)CC2)c(C(=O)N(C)Cc2ccccc2)c1. The van der Waals surface area contributed by atoms with E-state index in [1.807, 2.05) is 47.4 Å². The Hall–Kier alpha value is -3.35. The molecule has 2 aromatic carbocycles. The summed E-state index contributed by atoms with van der Waals surface area (Å²) in [4.78, 5) is 44.3. The topological polar surface area (TPSA) is 73.0 Å². The van der Waals surface area contributed by atoms with Crippen molar-refractivity contribution >= 4 is 29.1 Å². The Morgan fingerprint density at radius 2 is 1.66 bits per heavy atom. The number of rotatable bonds is 7. The van der Waals surface area contributed by atoms with Crippen molar-refractivity contribution in [3.63, 3.8) is 0 Å². The normalized spacial score (nSPS) is 16.3. The van der Waals surface area contributed by atoms with E-state index in [2.05, 4.69) is 10.2 Å². The molecular weight excluding hydrogens is 440 g/mol. The van der Waals surface area contributed by atoms with E-state index in [0.29, 0.717) is 56.3 Å². The van der Waals surface area contributed by atoms with Crippen LogP contribution in [0.1, 0.15) is 54.9 Å². The van der Waals surface area contributed by atoms with Gasteiger partial charge in [-0.3, -0.25) is 14.4 Å². The highest BCUT2D eigenvalue weighted by Gasteiger charge is 2.30. The van der Waals surface area contributed by atoms with Crippen LogP contribution in [-0.2, 0) is 16.1 Å². The molecule has 3 amide bonds. The maximum absolute atomic E-state index is 13.6. The number of nitrogens with one attached hydrogen (secondary N) is 1. The minimum Gasteiger partial charge on any atom is -0.367 e. The first kappa shape index (κ1) is 24.8. The Morgan fingerprint density at radius 1 is 0.971 bits per heavy atom. The lowest BCUT2D eigenvalue weighted by atomic mass is 10.1. The van der Waals surface area contributed by atoms with Crippen molar-refractivity contribution in [1.29, 1.82) is 0 Å². The Labute approximate surface area is 208 Å². The van der Waals surface area contributed by atoms with Gasteiger partial charge in [-0.15, -0.1) is 0 Å². The second-order valence-electron chi connectivity index (χ2n) is 9.57. The van der Waals surface area contributed by atoms with Crippen LogP contribution < -0.4 is 10.2 Å². The van der Waals surface area contributed by atoms with Gasteiger partial charge < -0.3 is 20.0 Å². The molecule has 0 radical (unpaired) electrons. The summed E-state index contributed by atoms with van der Waals surface area (Å²) in [6, 6.07) is 15.4. The molecule has 2 aliphatic rings. The molecule has 2 fully saturated rings. The van der Waals surface area contributed by atoms with Gasteiger partial charge in [0.2, 0.25) is 11.8 Å². The number of hydrogen-bond acceptors (Lipinski definition) is 4. The van der Waals surface area contributed by atoms with E-state index in [9.17, 15) is 14.4 Å². The Kier molecular flexibility index (Phi) is 8.06. The molecule has 1 saturated carbocycles. The number of anilines is 2. The number of hydrogen-bond donors (Lipinski definition) is 1. The zero-order chi connectivity index (χ0) is 24.8. The first-order chi connectivity index (χ1) is 17.0. The molecule has 4 rings (SSSR count). The van der Waals surface area contributed by atoms with Gasteiger partial charge in [0, 0.05) is 63.5 Å². The molecule has 1 saturated heterocycles. The van der Waals surface area contributed by atoms with E-state index in [-0.39, 0.29) is 17.7 Å². The van der Waals surface area contributed by atoms with E-state index in [1.165, 1.54) is 0 Å². The molecule has 35 heavy (non-hydrogen) atoms. The second kappa shape index (κ2) is 11.4. The zero-order valence-electron chi connectivity index (χ0n) is 20.8. The van der Waals surface area contributed by atoms with Gasteiger partial charge in [-0.25, -0.2) is 0 Å². The average molecular weight is 477 g/mol. The fourth-order valence-electron chi connectivity index (χ4n) is 5.04. The van der Waals surface area contributed by atoms with Crippen LogP contribution in [0, 0.1) is 5.92 Å². The summed E-state index contributed by atoms with van der Waals surface area (Å²) in [7, 11) is 1.80. The summed E-state index contributed by atoms with van der Waals surface area (Å²) in [6.45, 7) is 4.99. The molecule has 0 atom stereocenters. The highest BCUT2D eigenvalue weighted by Crippen LogP contribution is 2.30. The summed E-state index contributed by atoms with van der Waals surface area (Å²) < 4.78 is 0. The van der Waals surface area contributed by atoms with Crippen LogP contribution >= 0.6 is 0 Å². The molecule has 186 valence electrons. The van der Waals surface area contributed by atoms with E-state index >= 15 is 0 Å². The number of amides is 3. The van der Waals surface area contributed by atoms with Crippen molar-refractivity contribution in [2.24, 2.45) is 5.92 Å².